The molecule has 0 saturated carbocycles. The molecule has 6 N–H and O–H groups in total. The van der Waals surface area contributed by atoms with Crippen molar-refractivity contribution in [1.82, 2.24) is 0 Å². The summed E-state index contributed by atoms with van der Waals surface area (Å²) in [7, 11) is -3.75. The molecule has 0 aliphatic rings. The van der Waals surface area contributed by atoms with Gasteiger partial charge in [-0.3, -0.25) is 9.36 Å². The van der Waals surface area contributed by atoms with Crippen LogP contribution in [0.1, 0.15) is 0 Å². The predicted octanol–water partition coefficient (Wildman–Crippen LogP) is -1.44. The number of carboxylic acid groups (broad SMARTS) is 1. The summed E-state index contributed by atoms with van der Waals surface area (Å²) < 4.78 is 15.4. The summed E-state index contributed by atoms with van der Waals surface area (Å²) in [5.74, 6) is -1.28. The van der Waals surface area contributed by atoms with Crippen LogP contribution in [0.3, 0.4) is 0 Å². The van der Waals surface area contributed by atoms with Gasteiger partial charge in [-0.15, -0.1) is 0 Å². The molecule has 8 heteroatoms. The lowest BCUT2D eigenvalue weighted by molar-refractivity contribution is -0.139. The standard InChI is InChI=1S/C5H13N2O5P/c6-1-2-13(10,11)12-3-4(7)5(8)9/h4H,1-3,6-7H2,(H,8,9)(H,10,11)/t4-/m0/s1. The Morgan fingerprint density at radius 3 is 2.54 bits per heavy atom. The molecule has 1 unspecified atom stereocenters. The highest BCUT2D eigenvalue weighted by Crippen LogP contribution is 2.40. The summed E-state index contributed by atoms with van der Waals surface area (Å²) in [6.07, 6.45) is -0.209. The summed E-state index contributed by atoms with van der Waals surface area (Å²) in [6, 6.07) is -1.29. The summed E-state index contributed by atoms with van der Waals surface area (Å²) >= 11 is 0. The van der Waals surface area contributed by atoms with Gasteiger partial charge in [0.1, 0.15) is 6.04 Å². The second-order valence-electron chi connectivity index (χ2n) is 2.39. The van der Waals surface area contributed by atoms with Gasteiger partial charge >= 0.3 is 13.6 Å². The Labute approximate surface area is 75.2 Å². The van der Waals surface area contributed by atoms with Gasteiger partial charge in [0, 0.05) is 6.54 Å². The van der Waals surface area contributed by atoms with Crippen LogP contribution in [0.25, 0.3) is 0 Å². The lowest BCUT2D eigenvalue weighted by atomic mass is 10.3. The SMILES string of the molecule is NCCP(=O)(O)OC[C@H](N)C(=O)O. The maximum absolute atomic E-state index is 10.9. The van der Waals surface area contributed by atoms with E-state index in [9.17, 15) is 9.36 Å². The van der Waals surface area contributed by atoms with Gasteiger partial charge in [-0.1, -0.05) is 0 Å². The van der Waals surface area contributed by atoms with Crippen molar-refractivity contribution in [3.05, 3.63) is 0 Å². The van der Waals surface area contributed by atoms with E-state index in [2.05, 4.69) is 4.52 Å². The number of carboxylic acids is 1. The largest absolute Gasteiger partial charge is 0.480 e. The summed E-state index contributed by atoms with van der Waals surface area (Å²) in [5, 5.41) is 8.31. The molecule has 0 aromatic heterocycles. The van der Waals surface area contributed by atoms with Crippen LogP contribution in [0, 0.1) is 0 Å². The van der Waals surface area contributed by atoms with Crippen LogP contribution in [-0.2, 0) is 13.9 Å². The maximum Gasteiger partial charge on any atom is 0.329 e. The van der Waals surface area contributed by atoms with Crippen molar-refractivity contribution in [2.45, 2.75) is 6.04 Å². The first-order valence-electron chi connectivity index (χ1n) is 3.54. The highest BCUT2D eigenvalue weighted by Gasteiger charge is 2.21. The van der Waals surface area contributed by atoms with E-state index in [-0.39, 0.29) is 12.7 Å². The minimum absolute atomic E-state index is 0.00388. The van der Waals surface area contributed by atoms with Crippen molar-refractivity contribution in [3.8, 4) is 0 Å². The van der Waals surface area contributed by atoms with Crippen molar-refractivity contribution in [2.24, 2.45) is 11.5 Å². The Balaban J connectivity index is 3.87. The Hall–Kier alpha value is -0.460. The van der Waals surface area contributed by atoms with Crippen LogP contribution in [0.15, 0.2) is 0 Å². The van der Waals surface area contributed by atoms with Crippen LogP contribution in [-0.4, -0.2) is 41.3 Å². The molecule has 0 bridgehead atoms. The van der Waals surface area contributed by atoms with Crippen LogP contribution in [0.5, 0.6) is 0 Å². The van der Waals surface area contributed by atoms with E-state index in [0.717, 1.165) is 0 Å². The number of carbonyl (C=O) groups is 1. The molecule has 7 nitrogen and oxygen atoms in total. The van der Waals surface area contributed by atoms with Crippen molar-refractivity contribution < 1.29 is 23.9 Å². The lowest BCUT2D eigenvalue weighted by Gasteiger charge is -2.12. The molecule has 0 aromatic rings. The predicted molar refractivity (Wildman–Crippen MR) is 45.3 cm³/mol. The van der Waals surface area contributed by atoms with Crippen molar-refractivity contribution >= 4 is 13.6 Å². The molecule has 0 spiro atoms. The zero-order valence-electron chi connectivity index (χ0n) is 6.92. The van der Waals surface area contributed by atoms with Crippen molar-refractivity contribution in [1.29, 1.82) is 0 Å². The minimum atomic E-state index is -3.75. The fourth-order valence-electron chi connectivity index (χ4n) is 0.496. The third-order valence-corrected chi connectivity index (χ3v) is 2.56. The third-order valence-electron chi connectivity index (χ3n) is 1.18. The van der Waals surface area contributed by atoms with Gasteiger partial charge < -0.3 is 26.0 Å². The molecule has 0 aliphatic carbocycles. The van der Waals surface area contributed by atoms with E-state index < -0.39 is 26.2 Å². The number of nitrogens with two attached hydrogens (primary N) is 2. The van der Waals surface area contributed by atoms with E-state index in [1.54, 1.807) is 0 Å². The van der Waals surface area contributed by atoms with Gasteiger partial charge in [0.25, 0.3) is 0 Å². The molecule has 0 aliphatic heterocycles. The Morgan fingerprint density at radius 2 is 2.15 bits per heavy atom. The highest BCUT2D eigenvalue weighted by molar-refractivity contribution is 7.52. The van der Waals surface area contributed by atoms with Crippen molar-refractivity contribution in [2.75, 3.05) is 19.3 Å². The first-order chi connectivity index (χ1) is 5.89. The molecule has 0 fully saturated rings. The van der Waals surface area contributed by atoms with Gasteiger partial charge in [0.15, 0.2) is 0 Å². The highest BCUT2D eigenvalue weighted by atomic mass is 31.2. The first kappa shape index (κ1) is 12.5. The third kappa shape index (κ3) is 5.73. The first-order valence-corrected chi connectivity index (χ1v) is 5.30. The molecule has 13 heavy (non-hydrogen) atoms. The molecular weight excluding hydrogens is 199 g/mol. The van der Waals surface area contributed by atoms with Gasteiger partial charge in [-0.25, -0.2) is 0 Å². The summed E-state index contributed by atoms with van der Waals surface area (Å²) in [5.41, 5.74) is 10.1. The van der Waals surface area contributed by atoms with Gasteiger partial charge in [-0.2, -0.15) is 0 Å². The Bertz CT molecular complexity index is 221. The molecular formula is C5H13N2O5P. The van der Waals surface area contributed by atoms with Gasteiger partial charge in [0.2, 0.25) is 0 Å². The molecule has 0 radical (unpaired) electrons. The van der Waals surface area contributed by atoms with Crippen LogP contribution in [0.2, 0.25) is 0 Å². The molecule has 78 valence electrons. The zero-order chi connectivity index (χ0) is 10.5. The average molecular weight is 212 g/mol. The topological polar surface area (TPSA) is 136 Å². The number of aliphatic carboxylic acids is 1. The molecule has 2 atom stereocenters. The monoisotopic (exact) mass is 212 g/mol. The second-order valence-corrected chi connectivity index (χ2v) is 4.37. The lowest BCUT2D eigenvalue weighted by Crippen LogP contribution is -2.34. The summed E-state index contributed by atoms with van der Waals surface area (Å²) in [6.45, 7) is -0.501. The van der Waals surface area contributed by atoms with Gasteiger partial charge in [0.05, 0.1) is 12.8 Å². The smallest absolute Gasteiger partial charge is 0.329 e. The van der Waals surface area contributed by atoms with Gasteiger partial charge in [-0.05, 0) is 0 Å². The molecule has 0 aromatic carbocycles. The molecule has 0 heterocycles. The fraction of sp³-hybridized carbons (Fsp3) is 0.800. The number of rotatable bonds is 6. The molecule has 0 saturated heterocycles. The zero-order valence-corrected chi connectivity index (χ0v) is 7.81. The minimum Gasteiger partial charge on any atom is -0.480 e. The van der Waals surface area contributed by atoms with E-state index in [4.69, 9.17) is 21.5 Å². The quantitative estimate of drug-likeness (QED) is 0.396. The number of hydrogen-bond acceptors (Lipinski definition) is 5. The van der Waals surface area contributed by atoms with Crippen LogP contribution >= 0.6 is 7.60 Å². The van der Waals surface area contributed by atoms with E-state index >= 15 is 0 Å². The Morgan fingerprint density at radius 1 is 1.62 bits per heavy atom. The number of hydrogen-bond donors (Lipinski definition) is 4. The normalized spacial score (nSPS) is 17.8. The Kier molecular flexibility index (Phi) is 5.12. The van der Waals surface area contributed by atoms with E-state index in [1.165, 1.54) is 0 Å². The van der Waals surface area contributed by atoms with E-state index in [1.807, 2.05) is 0 Å². The summed E-state index contributed by atoms with van der Waals surface area (Å²) in [4.78, 5) is 19.1. The average Bonchev–Trinajstić information content (AvgIpc) is 2.00. The molecule has 0 rings (SSSR count). The van der Waals surface area contributed by atoms with Crippen molar-refractivity contribution in [3.63, 3.8) is 0 Å². The van der Waals surface area contributed by atoms with Crippen LogP contribution in [0.4, 0.5) is 0 Å². The second kappa shape index (κ2) is 5.31. The fourth-order valence-corrected chi connectivity index (χ4v) is 1.34. The van der Waals surface area contributed by atoms with Crippen LogP contribution < -0.4 is 11.5 Å². The maximum atomic E-state index is 10.9. The van der Waals surface area contributed by atoms with E-state index in [0.29, 0.717) is 0 Å². The molecule has 0 amide bonds.